The average molecular weight is 221 g/mol. The van der Waals surface area contributed by atoms with E-state index >= 15 is 0 Å². The molecule has 1 unspecified atom stereocenters. The Morgan fingerprint density at radius 2 is 2.00 bits per heavy atom. The third-order valence-corrected chi connectivity index (χ3v) is 2.69. The summed E-state index contributed by atoms with van der Waals surface area (Å²) < 4.78 is 5.35. The second kappa shape index (κ2) is 5.90. The van der Waals surface area contributed by atoms with Gasteiger partial charge < -0.3 is 10.5 Å². The van der Waals surface area contributed by atoms with E-state index in [0.29, 0.717) is 5.92 Å². The highest BCUT2D eigenvalue weighted by Crippen LogP contribution is 2.22. The van der Waals surface area contributed by atoms with Crippen molar-refractivity contribution in [2.24, 2.45) is 11.7 Å². The molecule has 2 heteroatoms. The number of nitrogens with two attached hydrogens (primary N) is 1. The van der Waals surface area contributed by atoms with Crippen LogP contribution in [0.2, 0.25) is 0 Å². The van der Waals surface area contributed by atoms with Gasteiger partial charge in [0.2, 0.25) is 0 Å². The van der Waals surface area contributed by atoms with E-state index in [0.717, 1.165) is 18.6 Å². The molecule has 1 atom stereocenters. The molecule has 0 spiro atoms. The molecule has 0 radical (unpaired) electrons. The lowest BCUT2D eigenvalue weighted by atomic mass is 9.97. The number of aryl methyl sites for hydroxylation is 1. The number of hydrogen-bond acceptors (Lipinski definition) is 2. The van der Waals surface area contributed by atoms with Crippen LogP contribution in [-0.2, 0) is 6.42 Å². The van der Waals surface area contributed by atoms with Gasteiger partial charge in [0.15, 0.2) is 0 Å². The summed E-state index contributed by atoms with van der Waals surface area (Å²) >= 11 is 0. The number of benzene rings is 1. The van der Waals surface area contributed by atoms with E-state index in [1.165, 1.54) is 11.1 Å². The third-order valence-electron chi connectivity index (χ3n) is 2.69. The Morgan fingerprint density at radius 1 is 1.31 bits per heavy atom. The largest absolute Gasteiger partial charge is 0.496 e. The first-order chi connectivity index (χ1) is 7.52. The molecular formula is C14H23NO. The van der Waals surface area contributed by atoms with Gasteiger partial charge in [-0.05, 0) is 37.3 Å². The van der Waals surface area contributed by atoms with Crippen LogP contribution < -0.4 is 10.5 Å². The highest BCUT2D eigenvalue weighted by molar-refractivity contribution is 5.37. The molecule has 16 heavy (non-hydrogen) atoms. The third kappa shape index (κ3) is 3.86. The van der Waals surface area contributed by atoms with Crippen molar-refractivity contribution in [3.63, 3.8) is 0 Å². The van der Waals surface area contributed by atoms with Crippen molar-refractivity contribution >= 4 is 0 Å². The molecule has 0 heterocycles. The van der Waals surface area contributed by atoms with Crippen molar-refractivity contribution in [2.45, 2.75) is 39.7 Å². The number of rotatable bonds is 5. The molecule has 2 N–H and O–H groups in total. The number of ether oxygens (including phenoxy) is 1. The Balaban J connectivity index is 2.74. The molecule has 0 amide bonds. The van der Waals surface area contributed by atoms with Crippen LogP contribution in [0.3, 0.4) is 0 Å². The summed E-state index contributed by atoms with van der Waals surface area (Å²) in [5.41, 5.74) is 8.60. The minimum Gasteiger partial charge on any atom is -0.496 e. The van der Waals surface area contributed by atoms with Crippen LogP contribution in [0.15, 0.2) is 18.2 Å². The maximum atomic E-state index is 6.12. The van der Waals surface area contributed by atoms with Gasteiger partial charge in [0, 0.05) is 6.04 Å². The van der Waals surface area contributed by atoms with Gasteiger partial charge >= 0.3 is 0 Å². The quantitative estimate of drug-likeness (QED) is 0.829. The second-order valence-corrected chi connectivity index (χ2v) is 4.91. The van der Waals surface area contributed by atoms with Crippen LogP contribution in [0.4, 0.5) is 0 Å². The zero-order chi connectivity index (χ0) is 12.1. The normalized spacial score (nSPS) is 12.9. The van der Waals surface area contributed by atoms with Crippen molar-refractivity contribution < 1.29 is 4.74 Å². The standard InChI is InChI=1S/C14H23NO/c1-10(2)7-13(15)9-12-8-11(3)5-6-14(12)16-4/h5-6,8,10,13H,7,9,15H2,1-4H3. The fraction of sp³-hybridized carbons (Fsp3) is 0.571. The van der Waals surface area contributed by atoms with E-state index < -0.39 is 0 Å². The highest BCUT2D eigenvalue weighted by atomic mass is 16.5. The summed E-state index contributed by atoms with van der Waals surface area (Å²) in [6.07, 6.45) is 1.94. The second-order valence-electron chi connectivity index (χ2n) is 4.91. The minimum absolute atomic E-state index is 0.218. The van der Waals surface area contributed by atoms with Crippen molar-refractivity contribution in [1.29, 1.82) is 0 Å². The SMILES string of the molecule is COc1ccc(C)cc1CC(N)CC(C)C. The van der Waals surface area contributed by atoms with Gasteiger partial charge in [-0.15, -0.1) is 0 Å². The average Bonchev–Trinajstić information content (AvgIpc) is 2.16. The first kappa shape index (κ1) is 13.0. The topological polar surface area (TPSA) is 35.2 Å². The van der Waals surface area contributed by atoms with E-state index in [2.05, 4.69) is 32.9 Å². The van der Waals surface area contributed by atoms with Crippen LogP contribution in [-0.4, -0.2) is 13.2 Å². The molecule has 0 aliphatic carbocycles. The zero-order valence-electron chi connectivity index (χ0n) is 10.8. The fourth-order valence-electron chi connectivity index (χ4n) is 2.04. The molecule has 0 aromatic heterocycles. The van der Waals surface area contributed by atoms with Crippen LogP contribution in [0.25, 0.3) is 0 Å². The van der Waals surface area contributed by atoms with Crippen molar-refractivity contribution in [1.82, 2.24) is 0 Å². The van der Waals surface area contributed by atoms with E-state index in [1.807, 2.05) is 6.07 Å². The van der Waals surface area contributed by atoms with Gasteiger partial charge in [-0.3, -0.25) is 0 Å². The molecule has 0 saturated heterocycles. The molecule has 1 rings (SSSR count). The lowest BCUT2D eigenvalue weighted by Crippen LogP contribution is -2.24. The summed E-state index contributed by atoms with van der Waals surface area (Å²) in [7, 11) is 1.71. The molecule has 1 aromatic rings. The van der Waals surface area contributed by atoms with E-state index in [-0.39, 0.29) is 6.04 Å². The lowest BCUT2D eigenvalue weighted by Gasteiger charge is -2.16. The van der Waals surface area contributed by atoms with Crippen LogP contribution in [0, 0.1) is 12.8 Å². The smallest absolute Gasteiger partial charge is 0.122 e. The summed E-state index contributed by atoms with van der Waals surface area (Å²) in [6.45, 7) is 6.50. The number of hydrogen-bond donors (Lipinski definition) is 1. The molecular weight excluding hydrogens is 198 g/mol. The molecule has 0 saturated carbocycles. The summed E-state index contributed by atoms with van der Waals surface area (Å²) in [5, 5.41) is 0. The van der Waals surface area contributed by atoms with Crippen LogP contribution in [0.1, 0.15) is 31.4 Å². The molecule has 1 aromatic carbocycles. The highest BCUT2D eigenvalue weighted by Gasteiger charge is 2.10. The van der Waals surface area contributed by atoms with Gasteiger partial charge in [-0.1, -0.05) is 31.5 Å². The summed E-state index contributed by atoms with van der Waals surface area (Å²) in [5.74, 6) is 1.59. The molecule has 0 bridgehead atoms. The Morgan fingerprint density at radius 3 is 2.56 bits per heavy atom. The lowest BCUT2D eigenvalue weighted by molar-refractivity contribution is 0.404. The molecule has 0 aliphatic rings. The Hall–Kier alpha value is -1.02. The summed E-state index contributed by atoms with van der Waals surface area (Å²) in [4.78, 5) is 0. The fourth-order valence-corrected chi connectivity index (χ4v) is 2.04. The van der Waals surface area contributed by atoms with Crippen molar-refractivity contribution in [2.75, 3.05) is 7.11 Å². The maximum absolute atomic E-state index is 6.12. The molecule has 0 aliphatic heterocycles. The minimum atomic E-state index is 0.218. The Bertz CT molecular complexity index is 334. The van der Waals surface area contributed by atoms with Gasteiger partial charge in [-0.25, -0.2) is 0 Å². The van der Waals surface area contributed by atoms with Crippen LogP contribution in [0.5, 0.6) is 5.75 Å². The summed E-state index contributed by atoms with van der Waals surface area (Å²) in [6, 6.07) is 6.47. The van der Waals surface area contributed by atoms with Gasteiger partial charge in [0.1, 0.15) is 5.75 Å². The van der Waals surface area contributed by atoms with Gasteiger partial charge in [0.05, 0.1) is 7.11 Å². The van der Waals surface area contributed by atoms with Gasteiger partial charge in [-0.2, -0.15) is 0 Å². The predicted molar refractivity (Wildman–Crippen MR) is 68.9 cm³/mol. The van der Waals surface area contributed by atoms with E-state index in [1.54, 1.807) is 7.11 Å². The Labute approximate surface area is 98.8 Å². The van der Waals surface area contributed by atoms with E-state index in [4.69, 9.17) is 10.5 Å². The van der Waals surface area contributed by atoms with E-state index in [9.17, 15) is 0 Å². The molecule has 0 fully saturated rings. The Kier molecular flexibility index (Phi) is 4.81. The van der Waals surface area contributed by atoms with Crippen molar-refractivity contribution in [3.05, 3.63) is 29.3 Å². The van der Waals surface area contributed by atoms with Crippen molar-refractivity contribution in [3.8, 4) is 5.75 Å². The maximum Gasteiger partial charge on any atom is 0.122 e. The monoisotopic (exact) mass is 221 g/mol. The first-order valence-corrected chi connectivity index (χ1v) is 5.92. The molecule has 2 nitrogen and oxygen atoms in total. The predicted octanol–water partition coefficient (Wildman–Crippen LogP) is 2.92. The molecule has 90 valence electrons. The number of methoxy groups -OCH3 is 1. The van der Waals surface area contributed by atoms with Crippen LogP contribution >= 0.6 is 0 Å². The van der Waals surface area contributed by atoms with Gasteiger partial charge in [0.25, 0.3) is 0 Å². The zero-order valence-corrected chi connectivity index (χ0v) is 10.8. The first-order valence-electron chi connectivity index (χ1n) is 5.92.